The Balaban J connectivity index is 2.09. The maximum atomic E-state index is 12.4. The predicted octanol–water partition coefficient (Wildman–Crippen LogP) is 3.03. The quantitative estimate of drug-likeness (QED) is 0.861. The minimum atomic E-state index is -0.514. The van der Waals surface area contributed by atoms with Crippen LogP contribution in [0.4, 0.5) is 5.69 Å². The molecule has 0 saturated carbocycles. The van der Waals surface area contributed by atoms with Crippen LogP contribution < -0.4 is 10.6 Å². The third-order valence-corrected chi connectivity index (χ3v) is 4.06. The molecule has 2 aromatic rings. The molecule has 6 heteroatoms. The standard InChI is InChI=1S/C15H20N4OS/c1-4-6-16-11-5-7-17-12(10-11)13(20)19-15(2,3)14-18-8-9-21-14/h5,7-10H,4,6H2,1-3H3,(H,16,17)(H,19,20). The van der Waals surface area contributed by atoms with Crippen molar-refractivity contribution in [2.75, 3.05) is 11.9 Å². The number of nitrogens with zero attached hydrogens (tertiary/aromatic N) is 2. The number of anilines is 1. The second kappa shape index (κ2) is 6.67. The average molecular weight is 304 g/mol. The highest BCUT2D eigenvalue weighted by Gasteiger charge is 2.26. The summed E-state index contributed by atoms with van der Waals surface area (Å²) in [7, 11) is 0. The average Bonchev–Trinajstić information content (AvgIpc) is 3.00. The lowest BCUT2D eigenvalue weighted by molar-refractivity contribution is 0.0907. The van der Waals surface area contributed by atoms with Crippen LogP contribution in [-0.2, 0) is 5.54 Å². The van der Waals surface area contributed by atoms with Crippen LogP contribution in [0.15, 0.2) is 29.9 Å². The van der Waals surface area contributed by atoms with E-state index in [-0.39, 0.29) is 5.91 Å². The highest BCUT2D eigenvalue weighted by molar-refractivity contribution is 7.09. The summed E-state index contributed by atoms with van der Waals surface area (Å²) in [5, 5.41) is 9.00. The van der Waals surface area contributed by atoms with Crippen LogP contribution in [-0.4, -0.2) is 22.4 Å². The van der Waals surface area contributed by atoms with Crippen LogP contribution in [0.2, 0.25) is 0 Å². The Hall–Kier alpha value is -1.95. The summed E-state index contributed by atoms with van der Waals surface area (Å²) in [4.78, 5) is 20.8. The monoisotopic (exact) mass is 304 g/mol. The van der Waals surface area contributed by atoms with Gasteiger partial charge in [-0.25, -0.2) is 4.98 Å². The van der Waals surface area contributed by atoms with Crippen molar-refractivity contribution in [3.63, 3.8) is 0 Å². The first-order valence-corrected chi connectivity index (χ1v) is 7.83. The van der Waals surface area contributed by atoms with Gasteiger partial charge in [-0.15, -0.1) is 11.3 Å². The van der Waals surface area contributed by atoms with Gasteiger partial charge in [0.1, 0.15) is 10.7 Å². The third kappa shape index (κ3) is 4.01. The molecule has 0 bridgehead atoms. The van der Waals surface area contributed by atoms with Gasteiger partial charge >= 0.3 is 0 Å². The van der Waals surface area contributed by atoms with E-state index >= 15 is 0 Å². The van der Waals surface area contributed by atoms with Gasteiger partial charge in [-0.3, -0.25) is 9.78 Å². The topological polar surface area (TPSA) is 66.9 Å². The Morgan fingerprint density at radius 3 is 2.81 bits per heavy atom. The van der Waals surface area contributed by atoms with Gasteiger partial charge in [0.25, 0.3) is 5.91 Å². The Kier molecular flexibility index (Phi) is 4.90. The molecule has 0 radical (unpaired) electrons. The highest BCUT2D eigenvalue weighted by Crippen LogP contribution is 2.22. The summed E-state index contributed by atoms with van der Waals surface area (Å²) >= 11 is 1.52. The van der Waals surface area contributed by atoms with Crippen molar-refractivity contribution in [2.45, 2.75) is 32.7 Å². The maximum Gasteiger partial charge on any atom is 0.270 e. The first-order chi connectivity index (χ1) is 10.0. The summed E-state index contributed by atoms with van der Waals surface area (Å²) in [5.41, 5.74) is 0.796. The van der Waals surface area contributed by atoms with Gasteiger partial charge in [0.05, 0.1) is 5.54 Å². The molecule has 0 atom stereocenters. The number of nitrogens with one attached hydrogen (secondary N) is 2. The summed E-state index contributed by atoms with van der Waals surface area (Å²) < 4.78 is 0. The minimum Gasteiger partial charge on any atom is -0.385 e. The highest BCUT2D eigenvalue weighted by atomic mass is 32.1. The normalized spacial score (nSPS) is 11.2. The number of carbonyl (C=O) groups excluding carboxylic acids is 1. The van der Waals surface area contributed by atoms with Crippen LogP contribution in [0.5, 0.6) is 0 Å². The number of amides is 1. The Labute approximate surface area is 128 Å². The SMILES string of the molecule is CCCNc1ccnc(C(=O)NC(C)(C)c2nccs2)c1. The fourth-order valence-corrected chi connectivity index (χ4v) is 2.59. The molecule has 5 nitrogen and oxygen atoms in total. The zero-order valence-electron chi connectivity index (χ0n) is 12.5. The van der Waals surface area contributed by atoms with Gasteiger partial charge in [-0.05, 0) is 32.4 Å². The zero-order chi connectivity index (χ0) is 15.3. The van der Waals surface area contributed by atoms with E-state index in [1.165, 1.54) is 11.3 Å². The van der Waals surface area contributed by atoms with Crippen molar-refractivity contribution >= 4 is 22.9 Å². The molecule has 0 aliphatic rings. The van der Waals surface area contributed by atoms with Crippen LogP contribution in [0.3, 0.4) is 0 Å². The van der Waals surface area contributed by atoms with E-state index in [4.69, 9.17) is 0 Å². The minimum absolute atomic E-state index is 0.199. The van der Waals surface area contributed by atoms with Crippen molar-refractivity contribution in [1.29, 1.82) is 0 Å². The Morgan fingerprint density at radius 2 is 2.14 bits per heavy atom. The third-order valence-electron chi connectivity index (χ3n) is 2.96. The fraction of sp³-hybridized carbons (Fsp3) is 0.400. The van der Waals surface area contributed by atoms with E-state index in [1.54, 1.807) is 18.5 Å². The molecular formula is C15H20N4OS. The molecule has 0 spiro atoms. The molecule has 21 heavy (non-hydrogen) atoms. The van der Waals surface area contributed by atoms with Crippen molar-refractivity contribution in [3.05, 3.63) is 40.6 Å². The molecule has 0 aliphatic carbocycles. The number of hydrogen-bond acceptors (Lipinski definition) is 5. The van der Waals surface area contributed by atoms with Gasteiger partial charge < -0.3 is 10.6 Å². The lowest BCUT2D eigenvalue weighted by Crippen LogP contribution is -2.41. The molecule has 0 aliphatic heterocycles. The Morgan fingerprint density at radius 1 is 1.33 bits per heavy atom. The number of thiazole rings is 1. The molecule has 0 unspecified atom stereocenters. The second-order valence-corrected chi connectivity index (χ2v) is 6.17. The second-order valence-electron chi connectivity index (χ2n) is 5.27. The summed E-state index contributed by atoms with van der Waals surface area (Å²) in [5.74, 6) is -0.199. The van der Waals surface area contributed by atoms with Gasteiger partial charge in [-0.1, -0.05) is 6.92 Å². The Bertz CT molecular complexity index is 595. The smallest absolute Gasteiger partial charge is 0.270 e. The van der Waals surface area contributed by atoms with Crippen LogP contribution in [0.1, 0.15) is 42.7 Å². The van der Waals surface area contributed by atoms with Crippen molar-refractivity contribution < 1.29 is 4.79 Å². The molecule has 2 heterocycles. The van der Waals surface area contributed by atoms with Gasteiger partial charge in [0.2, 0.25) is 0 Å². The molecule has 0 aromatic carbocycles. The molecule has 112 valence electrons. The van der Waals surface area contributed by atoms with Crippen LogP contribution in [0, 0.1) is 0 Å². The largest absolute Gasteiger partial charge is 0.385 e. The fourth-order valence-electron chi connectivity index (χ4n) is 1.87. The summed E-state index contributed by atoms with van der Waals surface area (Å²) in [6.45, 7) is 6.83. The van der Waals surface area contributed by atoms with E-state index in [0.29, 0.717) is 5.69 Å². The first-order valence-electron chi connectivity index (χ1n) is 6.95. The van der Waals surface area contributed by atoms with Gasteiger partial charge in [0.15, 0.2) is 0 Å². The number of carbonyl (C=O) groups is 1. The van der Waals surface area contributed by atoms with Crippen LogP contribution in [0.25, 0.3) is 0 Å². The molecule has 1 amide bonds. The van der Waals surface area contributed by atoms with E-state index in [2.05, 4.69) is 27.5 Å². The van der Waals surface area contributed by atoms with Crippen molar-refractivity contribution in [2.24, 2.45) is 0 Å². The van der Waals surface area contributed by atoms with E-state index < -0.39 is 5.54 Å². The molecule has 0 saturated heterocycles. The predicted molar refractivity (Wildman–Crippen MR) is 85.6 cm³/mol. The first kappa shape index (κ1) is 15.4. The number of pyridine rings is 1. The molecule has 2 rings (SSSR count). The van der Waals surface area contributed by atoms with E-state index in [1.807, 2.05) is 25.3 Å². The van der Waals surface area contributed by atoms with Crippen molar-refractivity contribution in [1.82, 2.24) is 15.3 Å². The van der Waals surface area contributed by atoms with E-state index in [9.17, 15) is 4.79 Å². The number of hydrogen-bond donors (Lipinski definition) is 2. The van der Waals surface area contributed by atoms with E-state index in [0.717, 1.165) is 23.7 Å². The lowest BCUT2D eigenvalue weighted by atomic mass is 10.1. The molecular weight excluding hydrogens is 284 g/mol. The van der Waals surface area contributed by atoms with Crippen molar-refractivity contribution in [3.8, 4) is 0 Å². The lowest BCUT2D eigenvalue weighted by Gasteiger charge is -2.23. The molecule has 2 aromatic heterocycles. The summed E-state index contributed by atoms with van der Waals surface area (Å²) in [6, 6.07) is 3.63. The van der Waals surface area contributed by atoms with Crippen LogP contribution >= 0.6 is 11.3 Å². The maximum absolute atomic E-state index is 12.4. The number of rotatable bonds is 6. The van der Waals surface area contributed by atoms with Gasteiger partial charge in [-0.2, -0.15) is 0 Å². The molecule has 0 fully saturated rings. The van der Waals surface area contributed by atoms with Gasteiger partial charge in [0, 0.05) is 30.0 Å². The molecule has 2 N–H and O–H groups in total. The number of aromatic nitrogens is 2. The zero-order valence-corrected chi connectivity index (χ0v) is 13.3. The summed E-state index contributed by atoms with van der Waals surface area (Å²) in [6.07, 6.45) is 4.41.